The maximum absolute atomic E-state index is 10.7. The molecule has 1 fully saturated rings. The zero-order valence-electron chi connectivity index (χ0n) is 7.40. The van der Waals surface area contributed by atoms with E-state index in [0.29, 0.717) is 0 Å². The van der Waals surface area contributed by atoms with Crippen LogP contribution in [0.3, 0.4) is 0 Å². The third-order valence-electron chi connectivity index (χ3n) is 1.82. The van der Waals surface area contributed by atoms with E-state index in [0.717, 1.165) is 12.8 Å². The molecule has 0 amide bonds. The summed E-state index contributed by atoms with van der Waals surface area (Å²) in [6.07, 6.45) is 1.93. The van der Waals surface area contributed by atoms with Crippen molar-refractivity contribution in [1.29, 1.82) is 0 Å². The van der Waals surface area contributed by atoms with E-state index >= 15 is 0 Å². The Kier molecular flexibility index (Phi) is 3.35. The van der Waals surface area contributed by atoms with Gasteiger partial charge in [0.15, 0.2) is 0 Å². The Labute approximate surface area is 73.2 Å². The average molecular weight is 192 g/mol. The highest BCUT2D eigenvalue weighted by Crippen LogP contribution is 2.37. The Hall–Kier alpha value is 0.175. The van der Waals surface area contributed by atoms with Gasteiger partial charge in [0.2, 0.25) is 0 Å². The van der Waals surface area contributed by atoms with Gasteiger partial charge in [-0.3, -0.25) is 4.57 Å². The van der Waals surface area contributed by atoms with Crippen LogP contribution in [0.4, 0.5) is 0 Å². The molecule has 0 aliphatic carbocycles. The van der Waals surface area contributed by atoms with E-state index in [1.165, 1.54) is 6.66 Å². The second kappa shape index (κ2) is 3.92. The molecule has 1 rings (SSSR count). The summed E-state index contributed by atoms with van der Waals surface area (Å²) in [5.74, 6) is 0. The summed E-state index contributed by atoms with van der Waals surface area (Å²) in [7, 11) is -1.33. The molecular weight excluding hydrogens is 178 g/mol. The second-order valence-electron chi connectivity index (χ2n) is 3.24. The topological polar surface area (TPSA) is 55.8 Å². The van der Waals surface area contributed by atoms with Crippen molar-refractivity contribution in [2.24, 2.45) is 0 Å². The molecule has 4 nitrogen and oxygen atoms in total. The Morgan fingerprint density at radius 1 is 1.75 bits per heavy atom. The largest absolute Gasteiger partial charge is 0.382 e. The molecule has 0 aromatic heterocycles. The van der Waals surface area contributed by atoms with Gasteiger partial charge >= 0.3 is 7.60 Å². The van der Waals surface area contributed by atoms with Crippen molar-refractivity contribution < 1.29 is 18.7 Å². The molecule has 0 radical (unpaired) electrons. The van der Waals surface area contributed by atoms with E-state index in [-0.39, 0.29) is 18.7 Å². The lowest BCUT2D eigenvalue weighted by molar-refractivity contribution is 0.0480. The van der Waals surface area contributed by atoms with Crippen LogP contribution in [0.15, 0.2) is 0 Å². The van der Waals surface area contributed by atoms with Crippen LogP contribution in [0, 0.1) is 0 Å². The van der Waals surface area contributed by atoms with E-state index in [4.69, 9.17) is 14.2 Å². The SMILES string of the molecule is B[C@H]1CC[C@@H](COP(C)(=O)O)O1. The first-order chi connectivity index (χ1) is 5.47. The summed E-state index contributed by atoms with van der Waals surface area (Å²) < 4.78 is 20.9. The molecule has 12 heavy (non-hydrogen) atoms. The molecule has 0 aromatic carbocycles. The van der Waals surface area contributed by atoms with Crippen LogP contribution in [-0.2, 0) is 13.8 Å². The van der Waals surface area contributed by atoms with Crippen LogP contribution >= 0.6 is 7.60 Å². The second-order valence-corrected chi connectivity index (χ2v) is 5.11. The maximum Gasteiger partial charge on any atom is 0.325 e. The lowest BCUT2D eigenvalue weighted by atomic mass is 9.97. The van der Waals surface area contributed by atoms with Gasteiger partial charge < -0.3 is 14.2 Å². The van der Waals surface area contributed by atoms with Crippen LogP contribution < -0.4 is 0 Å². The van der Waals surface area contributed by atoms with Crippen molar-refractivity contribution in [1.82, 2.24) is 0 Å². The monoisotopic (exact) mass is 192 g/mol. The first-order valence-electron chi connectivity index (χ1n) is 4.07. The van der Waals surface area contributed by atoms with Gasteiger partial charge in [0.1, 0.15) is 7.85 Å². The molecule has 3 atom stereocenters. The molecular formula is C6H14BO4P. The number of ether oxygens (including phenoxy) is 1. The quantitative estimate of drug-likeness (QED) is 0.503. The molecule has 0 bridgehead atoms. The lowest BCUT2D eigenvalue weighted by Gasteiger charge is -2.12. The molecule has 70 valence electrons. The molecule has 0 saturated carbocycles. The molecule has 1 aliphatic rings. The van der Waals surface area contributed by atoms with E-state index in [1.807, 2.05) is 7.85 Å². The fourth-order valence-electron chi connectivity index (χ4n) is 1.23. The first kappa shape index (κ1) is 10.3. The van der Waals surface area contributed by atoms with Crippen molar-refractivity contribution >= 4 is 15.4 Å². The highest BCUT2D eigenvalue weighted by molar-refractivity contribution is 7.51. The molecule has 0 aromatic rings. The third kappa shape index (κ3) is 3.72. The highest BCUT2D eigenvalue weighted by atomic mass is 31.2. The van der Waals surface area contributed by atoms with Gasteiger partial charge in [0, 0.05) is 12.7 Å². The fraction of sp³-hybridized carbons (Fsp3) is 1.00. The first-order valence-corrected chi connectivity index (χ1v) is 6.10. The normalized spacial score (nSPS) is 34.8. The predicted octanol–water partition coefficient (Wildman–Crippen LogP) is -0.0436. The minimum absolute atomic E-state index is 0.000394. The zero-order chi connectivity index (χ0) is 9.19. The summed E-state index contributed by atoms with van der Waals surface area (Å²) in [6.45, 7) is 1.42. The Morgan fingerprint density at radius 3 is 2.83 bits per heavy atom. The summed E-state index contributed by atoms with van der Waals surface area (Å²) in [5, 5.41) is 0. The van der Waals surface area contributed by atoms with E-state index in [2.05, 4.69) is 0 Å². The molecule has 1 N–H and O–H groups in total. The minimum Gasteiger partial charge on any atom is -0.382 e. The molecule has 1 heterocycles. The van der Waals surface area contributed by atoms with E-state index in [9.17, 15) is 4.57 Å². The van der Waals surface area contributed by atoms with Gasteiger partial charge in [-0.15, -0.1) is 0 Å². The van der Waals surface area contributed by atoms with E-state index < -0.39 is 7.60 Å². The van der Waals surface area contributed by atoms with Gasteiger partial charge in [-0.25, -0.2) is 0 Å². The standard InChI is InChI=1S/C6H14BO4P/c1-12(8,9)10-4-5-2-3-6(7)11-5/h5-6H,2-4,7H2,1H3,(H,8,9)/t5-,6+/m0/s1. The lowest BCUT2D eigenvalue weighted by Crippen LogP contribution is -2.16. The van der Waals surface area contributed by atoms with Gasteiger partial charge in [-0.05, 0) is 12.8 Å². The number of rotatable bonds is 3. The Balaban J connectivity index is 2.21. The number of hydrogen-bond acceptors (Lipinski definition) is 3. The third-order valence-corrected chi connectivity index (χ3v) is 2.45. The van der Waals surface area contributed by atoms with Crippen LogP contribution in [-0.4, -0.2) is 38.1 Å². The minimum atomic E-state index is -3.32. The van der Waals surface area contributed by atoms with Crippen LogP contribution in [0.2, 0.25) is 0 Å². The molecule has 1 saturated heterocycles. The van der Waals surface area contributed by atoms with Gasteiger partial charge in [-0.2, -0.15) is 0 Å². The summed E-state index contributed by atoms with van der Waals surface area (Å²) in [4.78, 5) is 8.82. The van der Waals surface area contributed by atoms with Crippen molar-refractivity contribution in [3.05, 3.63) is 0 Å². The Morgan fingerprint density at radius 2 is 2.42 bits per heavy atom. The van der Waals surface area contributed by atoms with Gasteiger partial charge in [0.25, 0.3) is 0 Å². The summed E-state index contributed by atoms with van der Waals surface area (Å²) in [5.41, 5.74) is 0. The summed E-state index contributed by atoms with van der Waals surface area (Å²) in [6, 6.07) is 0.258. The van der Waals surface area contributed by atoms with Crippen LogP contribution in [0.1, 0.15) is 12.8 Å². The molecule has 0 spiro atoms. The fourth-order valence-corrected chi connectivity index (χ4v) is 1.67. The van der Waals surface area contributed by atoms with Crippen LogP contribution in [0.25, 0.3) is 0 Å². The van der Waals surface area contributed by atoms with E-state index in [1.54, 1.807) is 0 Å². The molecule has 1 unspecified atom stereocenters. The molecule has 1 aliphatic heterocycles. The Bertz CT molecular complexity index is 192. The van der Waals surface area contributed by atoms with Crippen molar-refractivity contribution in [3.8, 4) is 0 Å². The van der Waals surface area contributed by atoms with Crippen molar-refractivity contribution in [2.75, 3.05) is 13.3 Å². The predicted molar refractivity (Wildman–Crippen MR) is 48.1 cm³/mol. The highest BCUT2D eigenvalue weighted by Gasteiger charge is 2.23. The average Bonchev–Trinajstić information content (AvgIpc) is 2.30. The zero-order valence-corrected chi connectivity index (χ0v) is 8.29. The van der Waals surface area contributed by atoms with Crippen molar-refractivity contribution in [3.63, 3.8) is 0 Å². The van der Waals surface area contributed by atoms with Gasteiger partial charge in [-0.1, -0.05) is 0 Å². The smallest absolute Gasteiger partial charge is 0.325 e. The van der Waals surface area contributed by atoms with Gasteiger partial charge in [0.05, 0.1) is 12.7 Å². The summed E-state index contributed by atoms with van der Waals surface area (Å²) >= 11 is 0. The van der Waals surface area contributed by atoms with Crippen LogP contribution in [0.5, 0.6) is 0 Å². The van der Waals surface area contributed by atoms with Crippen molar-refractivity contribution in [2.45, 2.75) is 24.9 Å². The number of hydrogen-bond donors (Lipinski definition) is 1. The molecule has 6 heteroatoms. The maximum atomic E-state index is 10.7.